The van der Waals surface area contributed by atoms with E-state index in [0.29, 0.717) is 0 Å². The van der Waals surface area contributed by atoms with E-state index < -0.39 is 0 Å². The fourth-order valence-corrected chi connectivity index (χ4v) is 8.71. The third-order valence-electron chi connectivity index (χ3n) is 11.0. The van der Waals surface area contributed by atoms with Gasteiger partial charge in [0.25, 0.3) is 0 Å². The van der Waals surface area contributed by atoms with E-state index in [-0.39, 0.29) is 6.04 Å². The van der Waals surface area contributed by atoms with E-state index in [4.69, 9.17) is 4.98 Å². The van der Waals surface area contributed by atoms with Gasteiger partial charge in [0.05, 0.1) is 17.3 Å². The Bertz CT molecular complexity index is 3040. The molecule has 11 rings (SSSR count). The van der Waals surface area contributed by atoms with Gasteiger partial charge in [-0.3, -0.25) is 0 Å². The molecule has 1 aliphatic rings. The lowest BCUT2D eigenvalue weighted by Gasteiger charge is -2.32. The molecule has 2 heteroatoms. The van der Waals surface area contributed by atoms with Gasteiger partial charge in [-0.05, 0) is 90.5 Å². The highest BCUT2D eigenvalue weighted by atomic mass is 14.9. The lowest BCUT2D eigenvalue weighted by Crippen LogP contribution is -2.18. The van der Waals surface area contributed by atoms with Crippen LogP contribution >= 0.6 is 0 Å². The van der Waals surface area contributed by atoms with Crippen molar-refractivity contribution in [2.45, 2.75) is 6.04 Å². The molecule has 0 saturated carbocycles. The molecule has 0 saturated heterocycles. The number of aromatic nitrogens is 1. The molecule has 1 atom stereocenters. The molecule has 0 aliphatic carbocycles. The summed E-state index contributed by atoms with van der Waals surface area (Å²) in [6.45, 7) is 0. The molecular weight excluding hydrogens is 629 g/mol. The number of fused-ring (bicyclic) bond motifs is 11. The number of benzene rings is 9. The molecule has 10 aromatic rings. The first-order chi connectivity index (χ1) is 25.8. The van der Waals surface area contributed by atoms with Crippen LogP contribution in [0.2, 0.25) is 0 Å². The Kier molecular flexibility index (Phi) is 6.35. The van der Waals surface area contributed by atoms with Crippen molar-refractivity contribution in [3.63, 3.8) is 0 Å². The maximum Gasteiger partial charge on any atom is 0.0788 e. The largest absolute Gasteiger partial charge is 0.374 e. The molecule has 9 aromatic carbocycles. The Balaban J connectivity index is 1.30. The van der Waals surface area contributed by atoms with Crippen molar-refractivity contribution in [1.82, 2.24) is 4.98 Å². The van der Waals surface area contributed by atoms with E-state index in [9.17, 15) is 0 Å². The van der Waals surface area contributed by atoms with Crippen molar-refractivity contribution in [1.29, 1.82) is 0 Å². The van der Waals surface area contributed by atoms with Crippen LogP contribution in [-0.4, -0.2) is 4.98 Å². The number of hydrogen-bond acceptors (Lipinski definition) is 2. The summed E-state index contributed by atoms with van der Waals surface area (Å²) in [5.74, 6) is 0. The molecule has 52 heavy (non-hydrogen) atoms. The summed E-state index contributed by atoms with van der Waals surface area (Å²) in [7, 11) is 0. The van der Waals surface area contributed by atoms with Crippen LogP contribution in [0.5, 0.6) is 0 Å². The van der Waals surface area contributed by atoms with Crippen molar-refractivity contribution in [2.75, 3.05) is 5.32 Å². The van der Waals surface area contributed by atoms with Crippen LogP contribution in [0.3, 0.4) is 0 Å². The Morgan fingerprint density at radius 2 is 1.02 bits per heavy atom. The number of rotatable bonds is 3. The minimum atomic E-state index is -0.0000484. The molecule has 1 N–H and O–H groups in total. The highest BCUT2D eigenvalue weighted by Gasteiger charge is 2.29. The third-order valence-corrected chi connectivity index (χ3v) is 11.0. The predicted octanol–water partition coefficient (Wildman–Crippen LogP) is 13.4. The van der Waals surface area contributed by atoms with Gasteiger partial charge in [0, 0.05) is 33.0 Å². The maximum absolute atomic E-state index is 5.46. The van der Waals surface area contributed by atoms with Crippen molar-refractivity contribution in [3.8, 4) is 33.5 Å². The maximum atomic E-state index is 5.46. The molecule has 1 unspecified atom stereocenters. The van der Waals surface area contributed by atoms with Crippen LogP contribution in [0.4, 0.5) is 5.69 Å². The van der Waals surface area contributed by atoms with Crippen LogP contribution in [0.25, 0.3) is 87.5 Å². The van der Waals surface area contributed by atoms with E-state index in [0.717, 1.165) is 27.8 Å². The van der Waals surface area contributed by atoms with Crippen molar-refractivity contribution in [3.05, 3.63) is 193 Å². The number of anilines is 1. The monoisotopic (exact) mass is 660 g/mol. The summed E-state index contributed by atoms with van der Waals surface area (Å²) in [6.07, 6.45) is 0. The first-order valence-corrected chi connectivity index (χ1v) is 18.0. The number of para-hydroxylation sites is 1. The Morgan fingerprint density at radius 1 is 0.423 bits per heavy atom. The third kappa shape index (κ3) is 4.34. The molecular formula is C50H32N2. The fourth-order valence-electron chi connectivity index (χ4n) is 8.71. The molecule has 0 radical (unpaired) electrons. The molecule has 2 nitrogen and oxygen atoms in total. The number of nitrogens with zero attached hydrogens (tertiary/aromatic N) is 1. The second-order valence-electron chi connectivity index (χ2n) is 13.9. The van der Waals surface area contributed by atoms with E-state index >= 15 is 0 Å². The van der Waals surface area contributed by atoms with Gasteiger partial charge in [0.2, 0.25) is 0 Å². The average molecular weight is 661 g/mol. The fraction of sp³-hybridized carbons (Fsp3) is 0.0200. The van der Waals surface area contributed by atoms with Crippen LogP contribution in [-0.2, 0) is 0 Å². The van der Waals surface area contributed by atoms with E-state index in [1.165, 1.54) is 76.5 Å². The summed E-state index contributed by atoms with van der Waals surface area (Å²) in [5, 5.41) is 14.9. The van der Waals surface area contributed by atoms with Gasteiger partial charge in [-0.15, -0.1) is 0 Å². The average Bonchev–Trinajstić information content (AvgIpc) is 3.22. The molecule has 0 fully saturated rings. The topological polar surface area (TPSA) is 24.9 Å². The summed E-state index contributed by atoms with van der Waals surface area (Å²) < 4.78 is 0. The summed E-state index contributed by atoms with van der Waals surface area (Å²) in [5.41, 5.74) is 11.8. The van der Waals surface area contributed by atoms with Crippen molar-refractivity contribution < 1.29 is 0 Å². The predicted molar refractivity (Wildman–Crippen MR) is 220 cm³/mol. The van der Waals surface area contributed by atoms with E-state index in [1.807, 2.05) is 0 Å². The van der Waals surface area contributed by atoms with Crippen LogP contribution in [0.1, 0.15) is 17.2 Å². The van der Waals surface area contributed by atoms with Crippen molar-refractivity contribution in [2.24, 2.45) is 0 Å². The molecule has 2 heterocycles. The zero-order valence-electron chi connectivity index (χ0n) is 28.3. The van der Waals surface area contributed by atoms with Crippen LogP contribution < -0.4 is 5.32 Å². The van der Waals surface area contributed by atoms with Crippen LogP contribution in [0, 0.1) is 0 Å². The molecule has 0 amide bonds. The van der Waals surface area contributed by atoms with Gasteiger partial charge < -0.3 is 5.32 Å². The normalized spacial score (nSPS) is 13.7. The number of hydrogen-bond donors (Lipinski definition) is 1. The molecule has 1 aliphatic heterocycles. The quantitative estimate of drug-likeness (QED) is 0.151. The van der Waals surface area contributed by atoms with Gasteiger partial charge in [-0.25, -0.2) is 4.98 Å². The van der Waals surface area contributed by atoms with Gasteiger partial charge in [-0.1, -0.05) is 152 Å². The minimum Gasteiger partial charge on any atom is -0.374 e. The summed E-state index contributed by atoms with van der Waals surface area (Å²) >= 11 is 0. The molecule has 0 bridgehead atoms. The van der Waals surface area contributed by atoms with Gasteiger partial charge in [0.15, 0.2) is 0 Å². The van der Waals surface area contributed by atoms with E-state index in [2.05, 4.69) is 187 Å². The lowest BCUT2D eigenvalue weighted by molar-refractivity contribution is 0.933. The molecule has 0 spiro atoms. The Hall–Kier alpha value is -6.77. The first-order valence-electron chi connectivity index (χ1n) is 18.0. The number of nitrogens with one attached hydrogen (secondary N) is 1. The summed E-state index contributed by atoms with van der Waals surface area (Å²) in [4.78, 5) is 5.46. The second kappa shape index (κ2) is 11.4. The second-order valence-corrected chi connectivity index (χ2v) is 13.9. The zero-order chi connectivity index (χ0) is 34.2. The van der Waals surface area contributed by atoms with Crippen LogP contribution in [0.15, 0.2) is 182 Å². The first kappa shape index (κ1) is 29.0. The highest BCUT2D eigenvalue weighted by Crippen LogP contribution is 2.50. The summed E-state index contributed by atoms with van der Waals surface area (Å²) in [6, 6.07) is 66.3. The number of pyridine rings is 1. The Morgan fingerprint density at radius 3 is 1.81 bits per heavy atom. The minimum absolute atomic E-state index is 0.0000484. The smallest absolute Gasteiger partial charge is 0.0788 e. The van der Waals surface area contributed by atoms with E-state index in [1.54, 1.807) is 0 Å². The standard InChI is InChI=1S/C50H32N2/c1-3-15-31(16-4-1)49-43-29-40(35-21-9-11-23-37(35)47(43)39-25-13-14-26-45(39)51-49)41-30-44-48(38-24-12-10-22-36(38)41)42-27-33-19-7-8-20-34(33)28-46(42)52-50(44)32-17-5-2-6-18-32/h1-30,49,51H. The van der Waals surface area contributed by atoms with Gasteiger partial charge >= 0.3 is 0 Å². The highest BCUT2D eigenvalue weighted by molar-refractivity contribution is 6.27. The zero-order valence-corrected chi connectivity index (χ0v) is 28.3. The lowest BCUT2D eigenvalue weighted by atomic mass is 9.80. The van der Waals surface area contributed by atoms with Gasteiger partial charge in [0.1, 0.15) is 0 Å². The molecule has 242 valence electrons. The van der Waals surface area contributed by atoms with Crippen molar-refractivity contribution >= 4 is 59.7 Å². The SMILES string of the molecule is c1ccc(-c2nc3cc4ccccc4cc3c3c2cc(-c2cc4c(c5ccccc25)-c2ccccc2NC4c2ccccc2)c2ccccc23)cc1. The molecule has 1 aromatic heterocycles. The Labute approximate surface area is 301 Å². The van der Waals surface area contributed by atoms with Gasteiger partial charge in [-0.2, -0.15) is 0 Å².